The Morgan fingerprint density at radius 1 is 1.08 bits per heavy atom. The molecule has 0 saturated carbocycles. The minimum atomic E-state index is -0.252. The Morgan fingerprint density at radius 3 is 2.27 bits per heavy atom. The van der Waals surface area contributed by atoms with E-state index in [0.29, 0.717) is 31.0 Å². The molecule has 2 atom stereocenters. The zero-order valence-corrected chi connectivity index (χ0v) is 15.8. The van der Waals surface area contributed by atoms with Crippen LogP contribution in [0.5, 0.6) is 0 Å². The van der Waals surface area contributed by atoms with Crippen molar-refractivity contribution in [2.45, 2.75) is 33.0 Å². The van der Waals surface area contributed by atoms with Gasteiger partial charge in [-0.15, -0.1) is 0 Å². The van der Waals surface area contributed by atoms with Crippen molar-refractivity contribution in [3.05, 3.63) is 41.1 Å². The lowest BCUT2D eigenvalue weighted by Crippen LogP contribution is -2.47. The van der Waals surface area contributed by atoms with Crippen LogP contribution in [0.2, 0.25) is 0 Å². The summed E-state index contributed by atoms with van der Waals surface area (Å²) in [6.07, 6.45) is 0.00268. The van der Waals surface area contributed by atoms with E-state index in [0.717, 1.165) is 11.1 Å². The van der Waals surface area contributed by atoms with Crippen molar-refractivity contribution in [1.82, 2.24) is 9.80 Å². The molecule has 2 aliphatic rings. The number of rotatable bonds is 5. The second-order valence-corrected chi connectivity index (χ2v) is 7.01. The van der Waals surface area contributed by atoms with Crippen molar-refractivity contribution < 1.29 is 19.1 Å². The molecule has 2 amide bonds. The lowest BCUT2D eigenvalue weighted by molar-refractivity contribution is -0.139. The summed E-state index contributed by atoms with van der Waals surface area (Å²) in [6.45, 7) is 7.72. The number of nitrogens with zero attached hydrogens (tertiary/aromatic N) is 2. The lowest BCUT2D eigenvalue weighted by Gasteiger charge is -2.37. The summed E-state index contributed by atoms with van der Waals surface area (Å²) in [5, 5.41) is 0. The smallest absolute Gasteiger partial charge is 0.277 e. The van der Waals surface area contributed by atoms with Crippen LogP contribution in [0.3, 0.4) is 0 Å². The van der Waals surface area contributed by atoms with Gasteiger partial charge < -0.3 is 14.4 Å². The Labute approximate surface area is 154 Å². The number of carbonyl (C=O) groups is 2. The fourth-order valence-corrected chi connectivity index (χ4v) is 3.58. The predicted octanol–water partition coefficient (Wildman–Crippen LogP) is 1.83. The maximum Gasteiger partial charge on any atom is 0.277 e. The van der Waals surface area contributed by atoms with Crippen molar-refractivity contribution >= 4 is 17.4 Å². The van der Waals surface area contributed by atoms with E-state index in [2.05, 4.69) is 0 Å². The van der Waals surface area contributed by atoms with Gasteiger partial charge in [-0.05, 0) is 26.3 Å². The quantitative estimate of drug-likeness (QED) is 0.752. The van der Waals surface area contributed by atoms with Crippen molar-refractivity contribution in [2.75, 3.05) is 33.4 Å². The molecule has 2 unspecified atom stereocenters. The maximum atomic E-state index is 13.1. The van der Waals surface area contributed by atoms with Crippen molar-refractivity contribution in [2.24, 2.45) is 0 Å². The van der Waals surface area contributed by atoms with E-state index in [1.165, 1.54) is 4.90 Å². The summed E-state index contributed by atoms with van der Waals surface area (Å²) < 4.78 is 10.9. The fraction of sp³-hybridized carbons (Fsp3) is 0.500. The molecule has 2 aliphatic heterocycles. The second kappa shape index (κ2) is 7.60. The summed E-state index contributed by atoms with van der Waals surface area (Å²) in [7, 11) is 1.56. The highest BCUT2D eigenvalue weighted by molar-refractivity contribution is 6.35. The van der Waals surface area contributed by atoms with Gasteiger partial charge in [0.2, 0.25) is 0 Å². The zero-order chi connectivity index (χ0) is 18.8. The molecule has 2 heterocycles. The van der Waals surface area contributed by atoms with Gasteiger partial charge in [-0.2, -0.15) is 0 Å². The molecular weight excluding hydrogens is 332 g/mol. The van der Waals surface area contributed by atoms with Crippen LogP contribution in [0.25, 0.3) is 5.57 Å². The van der Waals surface area contributed by atoms with E-state index in [1.54, 1.807) is 7.11 Å². The standard InChI is InChI=1S/C20H26N2O4/c1-13-5-7-16(8-6-13)17-18(21-11-14(2)26-15(3)12-21)20(24)22(19(17)23)9-10-25-4/h5-8,14-15H,9-12H2,1-4H3. The fourth-order valence-electron chi connectivity index (χ4n) is 3.58. The van der Waals surface area contributed by atoms with Crippen LogP contribution >= 0.6 is 0 Å². The summed E-state index contributed by atoms with van der Waals surface area (Å²) in [4.78, 5) is 29.4. The largest absolute Gasteiger partial charge is 0.383 e. The number of hydrogen-bond acceptors (Lipinski definition) is 5. The molecule has 1 saturated heterocycles. The van der Waals surface area contributed by atoms with Gasteiger partial charge in [0.25, 0.3) is 11.8 Å². The SMILES string of the molecule is COCCN1C(=O)C(c2ccc(C)cc2)=C(N2CC(C)OC(C)C2)C1=O. The second-order valence-electron chi connectivity index (χ2n) is 7.01. The maximum absolute atomic E-state index is 13.1. The van der Waals surface area contributed by atoms with E-state index in [9.17, 15) is 9.59 Å². The van der Waals surface area contributed by atoms with Crippen LogP contribution in [0.1, 0.15) is 25.0 Å². The third-order valence-corrected chi connectivity index (χ3v) is 4.74. The Kier molecular flexibility index (Phi) is 5.44. The summed E-state index contributed by atoms with van der Waals surface area (Å²) in [5.74, 6) is -0.498. The number of imide groups is 1. The zero-order valence-electron chi connectivity index (χ0n) is 15.8. The molecule has 1 fully saturated rings. The third kappa shape index (κ3) is 3.52. The van der Waals surface area contributed by atoms with Crippen LogP contribution in [0.15, 0.2) is 30.0 Å². The molecule has 6 heteroatoms. The van der Waals surface area contributed by atoms with Crippen LogP contribution in [-0.4, -0.2) is 67.2 Å². The molecule has 0 aromatic heterocycles. The van der Waals surface area contributed by atoms with E-state index in [4.69, 9.17) is 9.47 Å². The predicted molar refractivity (Wildman–Crippen MR) is 98.3 cm³/mol. The van der Waals surface area contributed by atoms with Crippen molar-refractivity contribution in [3.63, 3.8) is 0 Å². The molecule has 0 radical (unpaired) electrons. The molecule has 140 valence electrons. The number of benzene rings is 1. The monoisotopic (exact) mass is 358 g/mol. The first-order valence-electron chi connectivity index (χ1n) is 8.99. The molecule has 0 N–H and O–H groups in total. The highest BCUT2D eigenvalue weighted by Gasteiger charge is 2.42. The summed E-state index contributed by atoms with van der Waals surface area (Å²) in [5.41, 5.74) is 2.84. The first-order chi connectivity index (χ1) is 12.4. The number of carbonyl (C=O) groups excluding carboxylic acids is 2. The summed E-state index contributed by atoms with van der Waals surface area (Å²) >= 11 is 0. The molecule has 0 spiro atoms. The Bertz CT molecular complexity index is 716. The number of aryl methyl sites for hydroxylation is 1. The van der Waals surface area contributed by atoms with Gasteiger partial charge in [-0.1, -0.05) is 29.8 Å². The highest BCUT2D eigenvalue weighted by Crippen LogP contribution is 2.33. The Hall–Kier alpha value is -2.18. The van der Waals surface area contributed by atoms with E-state index in [-0.39, 0.29) is 30.6 Å². The Morgan fingerprint density at radius 2 is 1.69 bits per heavy atom. The van der Waals surface area contributed by atoms with Crippen LogP contribution in [0, 0.1) is 6.92 Å². The van der Waals surface area contributed by atoms with E-state index < -0.39 is 0 Å². The minimum absolute atomic E-state index is 0.00134. The average Bonchev–Trinajstić information content (AvgIpc) is 2.83. The molecule has 0 bridgehead atoms. The van der Waals surface area contributed by atoms with Gasteiger partial charge >= 0.3 is 0 Å². The van der Waals surface area contributed by atoms with E-state index in [1.807, 2.05) is 49.9 Å². The van der Waals surface area contributed by atoms with Gasteiger partial charge in [0.15, 0.2) is 0 Å². The van der Waals surface area contributed by atoms with Crippen molar-refractivity contribution in [3.8, 4) is 0 Å². The van der Waals surface area contributed by atoms with Crippen LogP contribution in [-0.2, 0) is 19.1 Å². The number of ether oxygens (including phenoxy) is 2. The third-order valence-electron chi connectivity index (χ3n) is 4.74. The molecule has 6 nitrogen and oxygen atoms in total. The minimum Gasteiger partial charge on any atom is -0.383 e. The summed E-state index contributed by atoms with van der Waals surface area (Å²) in [6, 6.07) is 7.73. The van der Waals surface area contributed by atoms with Crippen LogP contribution < -0.4 is 0 Å². The average molecular weight is 358 g/mol. The van der Waals surface area contributed by atoms with E-state index >= 15 is 0 Å². The molecule has 1 aromatic rings. The topological polar surface area (TPSA) is 59.1 Å². The molecular formula is C20H26N2O4. The number of morpholine rings is 1. The van der Waals surface area contributed by atoms with Gasteiger partial charge in [-0.3, -0.25) is 14.5 Å². The van der Waals surface area contributed by atoms with Gasteiger partial charge in [0, 0.05) is 20.2 Å². The normalized spacial score (nSPS) is 24.0. The van der Waals surface area contributed by atoms with Gasteiger partial charge in [-0.25, -0.2) is 0 Å². The number of hydrogen-bond donors (Lipinski definition) is 0. The lowest BCUT2D eigenvalue weighted by atomic mass is 10.0. The first kappa shape index (κ1) is 18.6. The van der Waals surface area contributed by atoms with Gasteiger partial charge in [0.1, 0.15) is 5.70 Å². The van der Waals surface area contributed by atoms with Crippen molar-refractivity contribution in [1.29, 1.82) is 0 Å². The van der Waals surface area contributed by atoms with Crippen LogP contribution in [0.4, 0.5) is 0 Å². The number of methoxy groups -OCH3 is 1. The highest BCUT2D eigenvalue weighted by atomic mass is 16.5. The molecule has 1 aromatic carbocycles. The molecule has 26 heavy (non-hydrogen) atoms. The van der Waals surface area contributed by atoms with Gasteiger partial charge in [0.05, 0.1) is 30.9 Å². The molecule has 3 rings (SSSR count). The number of amides is 2. The Balaban J connectivity index is 2.04. The first-order valence-corrected chi connectivity index (χ1v) is 8.99. The molecule has 0 aliphatic carbocycles.